The molecule has 5 heteroatoms. The van der Waals surface area contributed by atoms with Crippen molar-refractivity contribution in [1.29, 1.82) is 0 Å². The summed E-state index contributed by atoms with van der Waals surface area (Å²) in [5.74, 6) is -0.0316. The van der Waals surface area contributed by atoms with Crippen molar-refractivity contribution in [2.24, 2.45) is 7.05 Å². The summed E-state index contributed by atoms with van der Waals surface area (Å²) in [5, 5.41) is 7.47. The molecular weight excluding hydrogens is 330 g/mol. The van der Waals surface area contributed by atoms with Gasteiger partial charge in [-0.3, -0.25) is 9.48 Å². The van der Waals surface area contributed by atoms with Gasteiger partial charge < -0.3 is 5.32 Å². The Balaban J connectivity index is 1.86. The fourth-order valence-electron chi connectivity index (χ4n) is 3.09. The highest BCUT2D eigenvalue weighted by atomic mass is 79.9. The number of aromatic nitrogens is 2. The second-order valence-electron chi connectivity index (χ2n) is 5.54. The molecule has 0 bridgehead atoms. The summed E-state index contributed by atoms with van der Waals surface area (Å²) in [7, 11) is 1.86. The zero-order valence-electron chi connectivity index (χ0n) is 12.4. The first-order valence-corrected chi connectivity index (χ1v) is 7.86. The number of fused-ring (bicyclic) bond motifs is 1. The van der Waals surface area contributed by atoms with Crippen LogP contribution in [-0.2, 0) is 13.5 Å². The summed E-state index contributed by atoms with van der Waals surface area (Å²) in [6.45, 7) is 3.80. The van der Waals surface area contributed by atoms with Crippen molar-refractivity contribution in [2.45, 2.75) is 32.7 Å². The lowest BCUT2D eigenvalue weighted by Gasteiger charge is -2.14. The second kappa shape index (κ2) is 5.30. The first-order chi connectivity index (χ1) is 9.99. The normalized spacial score (nSPS) is 16.9. The molecule has 0 saturated heterocycles. The largest absolute Gasteiger partial charge is 0.345 e. The predicted octanol–water partition coefficient (Wildman–Crippen LogP) is 3.22. The van der Waals surface area contributed by atoms with Gasteiger partial charge in [-0.1, -0.05) is 28.1 Å². The average Bonchev–Trinajstić information content (AvgIpc) is 2.93. The molecule has 1 heterocycles. The Hall–Kier alpha value is -1.62. The molecule has 0 fully saturated rings. The first-order valence-electron chi connectivity index (χ1n) is 7.07. The van der Waals surface area contributed by atoms with Gasteiger partial charge >= 0.3 is 0 Å². The van der Waals surface area contributed by atoms with E-state index in [1.165, 1.54) is 11.1 Å². The number of carbonyl (C=O) groups excluding carboxylic acids is 1. The Morgan fingerprint density at radius 2 is 2.19 bits per heavy atom. The number of benzene rings is 1. The van der Waals surface area contributed by atoms with Gasteiger partial charge in [0.2, 0.25) is 0 Å². The van der Waals surface area contributed by atoms with Gasteiger partial charge in [-0.05, 0) is 43.9 Å². The average molecular weight is 348 g/mol. The van der Waals surface area contributed by atoms with Crippen LogP contribution < -0.4 is 5.32 Å². The maximum Gasteiger partial charge on any atom is 0.255 e. The van der Waals surface area contributed by atoms with Gasteiger partial charge in [-0.25, -0.2) is 0 Å². The van der Waals surface area contributed by atoms with E-state index in [0.717, 1.165) is 28.7 Å². The fourth-order valence-corrected chi connectivity index (χ4v) is 3.67. The number of nitrogens with one attached hydrogen (secondary N) is 1. The highest BCUT2D eigenvalue weighted by Gasteiger charge is 2.27. The maximum atomic E-state index is 12.6. The van der Waals surface area contributed by atoms with Crippen LogP contribution in [0.2, 0.25) is 0 Å². The zero-order valence-corrected chi connectivity index (χ0v) is 14.0. The topological polar surface area (TPSA) is 46.9 Å². The van der Waals surface area contributed by atoms with Crippen molar-refractivity contribution in [3.8, 4) is 0 Å². The number of amides is 1. The third kappa shape index (κ3) is 2.39. The molecule has 4 nitrogen and oxygen atoms in total. The third-order valence-corrected chi connectivity index (χ3v) is 5.00. The molecule has 0 aliphatic heterocycles. The van der Waals surface area contributed by atoms with Crippen LogP contribution in [0.3, 0.4) is 0 Å². The minimum Gasteiger partial charge on any atom is -0.345 e. The van der Waals surface area contributed by atoms with Crippen LogP contribution in [0.15, 0.2) is 22.7 Å². The van der Waals surface area contributed by atoms with Gasteiger partial charge in [0.05, 0.1) is 17.3 Å². The number of carbonyl (C=O) groups is 1. The van der Waals surface area contributed by atoms with E-state index in [1.807, 2.05) is 27.0 Å². The van der Waals surface area contributed by atoms with Gasteiger partial charge in [-0.15, -0.1) is 0 Å². The van der Waals surface area contributed by atoms with Crippen molar-refractivity contribution >= 4 is 21.8 Å². The number of nitrogens with zero attached hydrogens (tertiary/aromatic N) is 2. The molecule has 0 unspecified atom stereocenters. The van der Waals surface area contributed by atoms with Gasteiger partial charge in [0, 0.05) is 17.2 Å². The van der Waals surface area contributed by atoms with Gasteiger partial charge in [0.15, 0.2) is 0 Å². The van der Waals surface area contributed by atoms with E-state index in [9.17, 15) is 4.79 Å². The molecule has 1 amide bonds. The molecule has 0 saturated carbocycles. The smallest absolute Gasteiger partial charge is 0.255 e. The van der Waals surface area contributed by atoms with Crippen LogP contribution >= 0.6 is 15.9 Å². The molecular formula is C16H18BrN3O. The van der Waals surface area contributed by atoms with Crippen molar-refractivity contribution in [3.63, 3.8) is 0 Å². The molecule has 21 heavy (non-hydrogen) atoms. The molecule has 1 N–H and O–H groups in total. The monoisotopic (exact) mass is 347 g/mol. The number of hydrogen-bond donors (Lipinski definition) is 1. The molecule has 1 aliphatic carbocycles. The quantitative estimate of drug-likeness (QED) is 0.906. The van der Waals surface area contributed by atoms with E-state index in [4.69, 9.17) is 0 Å². The van der Waals surface area contributed by atoms with Crippen LogP contribution in [-0.4, -0.2) is 15.7 Å². The molecule has 1 aromatic carbocycles. The summed E-state index contributed by atoms with van der Waals surface area (Å²) in [5.41, 5.74) is 4.90. The first kappa shape index (κ1) is 14.3. The lowest BCUT2D eigenvalue weighted by Crippen LogP contribution is -2.28. The predicted molar refractivity (Wildman–Crippen MR) is 85.4 cm³/mol. The molecule has 1 atom stereocenters. The van der Waals surface area contributed by atoms with E-state index in [2.05, 4.69) is 38.5 Å². The van der Waals surface area contributed by atoms with Gasteiger partial charge in [0.25, 0.3) is 5.91 Å². The lowest BCUT2D eigenvalue weighted by molar-refractivity contribution is 0.0935. The molecule has 1 aromatic heterocycles. The number of rotatable bonds is 2. The van der Waals surface area contributed by atoms with E-state index in [1.54, 1.807) is 4.68 Å². The van der Waals surface area contributed by atoms with E-state index in [0.29, 0.717) is 5.56 Å². The van der Waals surface area contributed by atoms with Crippen LogP contribution in [0.25, 0.3) is 0 Å². The third-order valence-electron chi connectivity index (χ3n) is 4.25. The van der Waals surface area contributed by atoms with Crippen molar-refractivity contribution in [1.82, 2.24) is 15.1 Å². The minimum atomic E-state index is -0.0316. The summed E-state index contributed by atoms with van der Waals surface area (Å²) >= 11 is 3.59. The Bertz CT molecular complexity index is 721. The Kier molecular flexibility index (Phi) is 3.61. The second-order valence-corrected chi connectivity index (χ2v) is 6.40. The van der Waals surface area contributed by atoms with Crippen LogP contribution in [0, 0.1) is 13.8 Å². The van der Waals surface area contributed by atoms with Gasteiger partial charge in [-0.2, -0.15) is 5.10 Å². The molecule has 2 aromatic rings. The van der Waals surface area contributed by atoms with Crippen LogP contribution in [0.1, 0.15) is 45.3 Å². The highest BCUT2D eigenvalue weighted by molar-refractivity contribution is 9.10. The standard InChI is InChI=1S/C16H18BrN3O/c1-9-15(10(2)20(3)19-9)16(21)18-14-8-7-11-12(14)5-4-6-13(11)17/h4-6,14H,7-8H2,1-3H3,(H,18,21)/t14-/m0/s1. The SMILES string of the molecule is Cc1nn(C)c(C)c1C(=O)N[C@H]1CCc2c(Br)cccc21. The Morgan fingerprint density at radius 1 is 1.43 bits per heavy atom. The molecule has 0 spiro atoms. The molecule has 1 aliphatic rings. The van der Waals surface area contributed by atoms with Crippen molar-refractivity contribution in [2.75, 3.05) is 0 Å². The van der Waals surface area contributed by atoms with Crippen LogP contribution in [0.5, 0.6) is 0 Å². The highest BCUT2D eigenvalue weighted by Crippen LogP contribution is 2.35. The number of aryl methyl sites for hydroxylation is 2. The van der Waals surface area contributed by atoms with E-state index >= 15 is 0 Å². The van der Waals surface area contributed by atoms with Gasteiger partial charge in [0.1, 0.15) is 0 Å². The minimum absolute atomic E-state index is 0.0316. The lowest BCUT2D eigenvalue weighted by atomic mass is 10.1. The molecule has 3 rings (SSSR count). The van der Waals surface area contributed by atoms with E-state index < -0.39 is 0 Å². The summed E-state index contributed by atoms with van der Waals surface area (Å²) < 4.78 is 2.88. The summed E-state index contributed by atoms with van der Waals surface area (Å²) in [4.78, 5) is 12.6. The number of halogens is 1. The Morgan fingerprint density at radius 3 is 2.86 bits per heavy atom. The maximum absolute atomic E-state index is 12.6. The number of hydrogen-bond acceptors (Lipinski definition) is 2. The molecule has 110 valence electrons. The fraction of sp³-hybridized carbons (Fsp3) is 0.375. The van der Waals surface area contributed by atoms with Crippen molar-refractivity contribution in [3.05, 3.63) is 50.8 Å². The van der Waals surface area contributed by atoms with Crippen molar-refractivity contribution < 1.29 is 4.79 Å². The summed E-state index contributed by atoms with van der Waals surface area (Å²) in [6.07, 6.45) is 1.94. The van der Waals surface area contributed by atoms with E-state index in [-0.39, 0.29) is 11.9 Å². The Labute approximate surface area is 132 Å². The summed E-state index contributed by atoms with van der Waals surface area (Å²) in [6, 6.07) is 6.26. The molecule has 0 radical (unpaired) electrons. The zero-order chi connectivity index (χ0) is 15.1. The van der Waals surface area contributed by atoms with Crippen LogP contribution in [0.4, 0.5) is 0 Å².